The van der Waals surface area contributed by atoms with Crippen LogP contribution in [0, 0.1) is 6.92 Å². The van der Waals surface area contributed by atoms with E-state index in [1.807, 2.05) is 36.5 Å². The minimum absolute atomic E-state index is 0.0152. The van der Waals surface area contributed by atoms with Crippen molar-refractivity contribution in [2.75, 3.05) is 38.7 Å². The van der Waals surface area contributed by atoms with Crippen molar-refractivity contribution < 1.29 is 19.6 Å². The molecule has 0 unspecified atom stereocenters. The van der Waals surface area contributed by atoms with Gasteiger partial charge in [-0.05, 0) is 24.6 Å². The normalized spacial score (nSPS) is 10.2. The van der Waals surface area contributed by atoms with Crippen LogP contribution < -0.4 is 16.0 Å². The number of benzene rings is 1. The molecular weight excluding hydrogens is 270 g/mol. The van der Waals surface area contributed by atoms with Crippen LogP contribution in [0.3, 0.4) is 0 Å². The van der Waals surface area contributed by atoms with Crippen molar-refractivity contribution in [1.29, 1.82) is 0 Å². The van der Waals surface area contributed by atoms with E-state index in [1.165, 1.54) is 0 Å². The van der Waals surface area contributed by atoms with E-state index in [2.05, 4.69) is 10.6 Å². The van der Waals surface area contributed by atoms with Crippen LogP contribution in [0.25, 0.3) is 0 Å². The van der Waals surface area contributed by atoms with Gasteiger partial charge in [0.05, 0.1) is 19.7 Å². The summed E-state index contributed by atoms with van der Waals surface area (Å²) in [7, 11) is 1.65. The van der Waals surface area contributed by atoms with Crippen LogP contribution >= 0.6 is 0 Å². The number of nitrogens with one attached hydrogen (secondary N) is 2. The molecule has 1 rings (SSSR count). The van der Waals surface area contributed by atoms with Crippen LogP contribution in [-0.2, 0) is 14.3 Å². The van der Waals surface area contributed by atoms with E-state index in [1.54, 1.807) is 7.11 Å². The molecule has 0 aliphatic heterocycles. The predicted octanol–water partition coefficient (Wildman–Crippen LogP) is -0.350. The van der Waals surface area contributed by atoms with E-state index in [0.717, 1.165) is 24.2 Å². The highest BCUT2D eigenvalue weighted by molar-refractivity contribution is 5.94. The number of anilines is 1. The lowest BCUT2D eigenvalue weighted by Gasteiger charge is -2.07. The lowest BCUT2D eigenvalue weighted by molar-refractivity contribution is -0.644. The summed E-state index contributed by atoms with van der Waals surface area (Å²) in [5.74, 6) is -0.375. The number of nitrogens with two attached hydrogens (primary N) is 1. The van der Waals surface area contributed by atoms with E-state index in [0.29, 0.717) is 13.2 Å². The van der Waals surface area contributed by atoms with Crippen molar-refractivity contribution in [3.05, 3.63) is 29.8 Å². The van der Waals surface area contributed by atoms with Crippen molar-refractivity contribution in [2.24, 2.45) is 0 Å². The summed E-state index contributed by atoms with van der Waals surface area (Å²) in [6.07, 6.45) is 0.900. The smallest absolute Gasteiger partial charge is 0.275 e. The minimum atomic E-state index is -0.228. The number of hydrogen-bond donors (Lipinski definition) is 3. The quantitative estimate of drug-likeness (QED) is 0.544. The fourth-order valence-corrected chi connectivity index (χ4v) is 1.78. The molecule has 0 atom stereocenters. The standard InChI is InChI=1S/C15H23N3O3/c1-12-5-3-6-13(9-12)18-15(20)11-17-14(19)10-16-7-4-8-21-2/h3,5-6,9,16H,4,7-8,10-11H2,1-2H3,(H,17,19)(H,18,20)/p+1. The zero-order valence-electron chi connectivity index (χ0n) is 12.6. The molecule has 0 saturated heterocycles. The summed E-state index contributed by atoms with van der Waals surface area (Å²) in [6.45, 7) is 3.78. The third kappa shape index (κ3) is 8.06. The van der Waals surface area contributed by atoms with Gasteiger partial charge in [-0.2, -0.15) is 0 Å². The van der Waals surface area contributed by atoms with Gasteiger partial charge in [-0.3, -0.25) is 9.59 Å². The van der Waals surface area contributed by atoms with Crippen molar-refractivity contribution in [3.8, 4) is 0 Å². The van der Waals surface area contributed by atoms with Crippen LogP contribution in [0.4, 0.5) is 5.69 Å². The van der Waals surface area contributed by atoms with Gasteiger partial charge in [-0.25, -0.2) is 0 Å². The zero-order valence-corrected chi connectivity index (χ0v) is 12.6. The molecule has 0 radical (unpaired) electrons. The fourth-order valence-electron chi connectivity index (χ4n) is 1.78. The number of carbonyl (C=O) groups is 2. The van der Waals surface area contributed by atoms with Gasteiger partial charge in [0, 0.05) is 19.2 Å². The largest absolute Gasteiger partial charge is 0.384 e. The Hall–Kier alpha value is -1.92. The molecule has 4 N–H and O–H groups in total. The van der Waals surface area contributed by atoms with Gasteiger partial charge in [0.15, 0.2) is 6.54 Å². The van der Waals surface area contributed by atoms with Crippen LogP contribution in [0.15, 0.2) is 24.3 Å². The minimum Gasteiger partial charge on any atom is -0.384 e. The molecule has 6 heteroatoms. The number of rotatable bonds is 9. The van der Waals surface area contributed by atoms with E-state index in [4.69, 9.17) is 4.74 Å². The van der Waals surface area contributed by atoms with Crippen molar-refractivity contribution in [1.82, 2.24) is 5.32 Å². The molecule has 1 aromatic carbocycles. The highest BCUT2D eigenvalue weighted by Crippen LogP contribution is 2.08. The summed E-state index contributed by atoms with van der Waals surface area (Å²) < 4.78 is 4.92. The Morgan fingerprint density at radius 3 is 2.81 bits per heavy atom. The molecule has 0 bridgehead atoms. The second kappa shape index (κ2) is 9.90. The van der Waals surface area contributed by atoms with Gasteiger partial charge in [-0.1, -0.05) is 12.1 Å². The number of carbonyl (C=O) groups excluding carboxylic acids is 2. The van der Waals surface area contributed by atoms with Crippen molar-refractivity contribution >= 4 is 17.5 Å². The molecule has 1 aromatic rings. The first-order valence-corrected chi connectivity index (χ1v) is 7.05. The van der Waals surface area contributed by atoms with Gasteiger partial charge in [-0.15, -0.1) is 0 Å². The molecule has 6 nitrogen and oxygen atoms in total. The van der Waals surface area contributed by atoms with Gasteiger partial charge in [0.2, 0.25) is 5.91 Å². The molecule has 0 heterocycles. The second-order valence-corrected chi connectivity index (χ2v) is 4.82. The zero-order chi connectivity index (χ0) is 15.5. The summed E-state index contributed by atoms with van der Waals surface area (Å²) >= 11 is 0. The highest BCUT2D eigenvalue weighted by Gasteiger charge is 2.07. The molecule has 0 spiro atoms. The molecule has 21 heavy (non-hydrogen) atoms. The van der Waals surface area contributed by atoms with E-state index < -0.39 is 0 Å². The Bertz CT molecular complexity index is 463. The summed E-state index contributed by atoms with van der Waals surface area (Å²) in [5, 5.41) is 7.23. The summed E-state index contributed by atoms with van der Waals surface area (Å²) in [6, 6.07) is 7.52. The first-order valence-electron chi connectivity index (χ1n) is 7.05. The molecule has 0 fully saturated rings. The lowest BCUT2D eigenvalue weighted by Crippen LogP contribution is -2.86. The first-order chi connectivity index (χ1) is 10.1. The van der Waals surface area contributed by atoms with E-state index in [9.17, 15) is 9.59 Å². The third-order valence-corrected chi connectivity index (χ3v) is 2.83. The van der Waals surface area contributed by atoms with Crippen molar-refractivity contribution in [2.45, 2.75) is 13.3 Å². The SMILES string of the molecule is COCCC[NH2+]CC(=O)NCC(=O)Nc1cccc(C)c1. The number of methoxy groups -OCH3 is 1. The Morgan fingerprint density at radius 2 is 2.10 bits per heavy atom. The van der Waals surface area contributed by atoms with Crippen LogP contribution in [0.2, 0.25) is 0 Å². The number of amides is 2. The Labute approximate surface area is 125 Å². The van der Waals surface area contributed by atoms with Crippen LogP contribution in [0.5, 0.6) is 0 Å². The van der Waals surface area contributed by atoms with Crippen LogP contribution in [-0.4, -0.2) is 45.2 Å². The number of aryl methyl sites for hydroxylation is 1. The maximum atomic E-state index is 11.7. The third-order valence-electron chi connectivity index (χ3n) is 2.83. The van der Waals surface area contributed by atoms with Crippen LogP contribution in [0.1, 0.15) is 12.0 Å². The van der Waals surface area contributed by atoms with E-state index in [-0.39, 0.29) is 18.4 Å². The Morgan fingerprint density at radius 1 is 1.29 bits per heavy atom. The topological polar surface area (TPSA) is 84.0 Å². The second-order valence-electron chi connectivity index (χ2n) is 4.82. The summed E-state index contributed by atoms with van der Waals surface area (Å²) in [5.41, 5.74) is 1.81. The van der Waals surface area contributed by atoms with Gasteiger partial charge in [0.25, 0.3) is 5.91 Å². The monoisotopic (exact) mass is 294 g/mol. The van der Waals surface area contributed by atoms with Gasteiger partial charge in [0.1, 0.15) is 0 Å². The molecule has 116 valence electrons. The summed E-state index contributed by atoms with van der Waals surface area (Å²) in [4.78, 5) is 23.2. The predicted molar refractivity (Wildman–Crippen MR) is 81.0 cm³/mol. The average molecular weight is 294 g/mol. The highest BCUT2D eigenvalue weighted by atomic mass is 16.5. The van der Waals surface area contributed by atoms with Gasteiger partial charge < -0.3 is 20.7 Å². The Kier molecular flexibility index (Phi) is 8.08. The van der Waals surface area contributed by atoms with Crippen molar-refractivity contribution in [3.63, 3.8) is 0 Å². The van der Waals surface area contributed by atoms with E-state index >= 15 is 0 Å². The maximum Gasteiger partial charge on any atom is 0.275 e. The number of hydrogen-bond acceptors (Lipinski definition) is 3. The molecule has 0 saturated carbocycles. The molecular formula is C15H24N3O3+. The average Bonchev–Trinajstić information content (AvgIpc) is 2.45. The van der Waals surface area contributed by atoms with Gasteiger partial charge >= 0.3 is 0 Å². The first kappa shape index (κ1) is 17.1. The number of ether oxygens (including phenoxy) is 1. The molecule has 0 aromatic heterocycles. The molecule has 0 aliphatic rings. The maximum absolute atomic E-state index is 11.7. The number of quaternary nitrogens is 1. The molecule has 0 aliphatic carbocycles. The Balaban J connectivity index is 2.16. The molecule has 2 amide bonds. The fraction of sp³-hybridized carbons (Fsp3) is 0.467. The lowest BCUT2D eigenvalue weighted by atomic mass is 10.2.